The number of rotatable bonds is 5. The summed E-state index contributed by atoms with van der Waals surface area (Å²) in [4.78, 5) is 0. The van der Waals surface area contributed by atoms with Crippen LogP contribution in [0, 0.1) is 9.49 Å². The molecule has 0 aromatic carbocycles. The number of hydrogen-bond acceptors (Lipinski definition) is 2. The van der Waals surface area contributed by atoms with Gasteiger partial charge in [-0.3, -0.25) is 4.68 Å². The first kappa shape index (κ1) is 14.7. The Kier molecular flexibility index (Phi) is 5.23. The molecule has 0 saturated carbocycles. The smallest absolute Gasteiger partial charge is 0.375 e. The molecule has 0 aliphatic heterocycles. The van der Waals surface area contributed by atoms with Gasteiger partial charge in [0.05, 0.1) is 10.2 Å². The van der Waals surface area contributed by atoms with E-state index in [1.54, 1.807) is 0 Å². The van der Waals surface area contributed by atoms with E-state index in [1.807, 2.05) is 36.4 Å². The summed E-state index contributed by atoms with van der Waals surface area (Å²) in [7, 11) is 0. The SMILES string of the molecule is CC(C)COCc1nn(CC(F)(F)F)cc1I. The third-order valence-electron chi connectivity index (χ3n) is 1.82. The zero-order valence-electron chi connectivity index (χ0n) is 9.59. The zero-order chi connectivity index (χ0) is 13.1. The summed E-state index contributed by atoms with van der Waals surface area (Å²) in [6, 6.07) is 0. The monoisotopic (exact) mass is 362 g/mol. The van der Waals surface area contributed by atoms with Gasteiger partial charge in [-0.15, -0.1) is 0 Å². The minimum atomic E-state index is -4.24. The molecule has 0 aliphatic rings. The van der Waals surface area contributed by atoms with E-state index in [0.717, 1.165) is 4.68 Å². The van der Waals surface area contributed by atoms with Crippen molar-refractivity contribution in [1.82, 2.24) is 9.78 Å². The van der Waals surface area contributed by atoms with Gasteiger partial charge in [-0.05, 0) is 28.5 Å². The van der Waals surface area contributed by atoms with Crippen molar-refractivity contribution in [2.24, 2.45) is 5.92 Å². The largest absolute Gasteiger partial charge is 0.408 e. The van der Waals surface area contributed by atoms with Gasteiger partial charge in [0.25, 0.3) is 0 Å². The fourth-order valence-corrected chi connectivity index (χ4v) is 1.78. The number of nitrogens with zero attached hydrogens (tertiary/aromatic N) is 2. The molecule has 3 nitrogen and oxygen atoms in total. The van der Waals surface area contributed by atoms with Gasteiger partial charge in [0.2, 0.25) is 0 Å². The van der Waals surface area contributed by atoms with Gasteiger partial charge in [-0.25, -0.2) is 0 Å². The van der Waals surface area contributed by atoms with Crippen LogP contribution in [0.25, 0.3) is 0 Å². The van der Waals surface area contributed by atoms with Crippen LogP contribution in [0.15, 0.2) is 6.20 Å². The average Bonchev–Trinajstić information content (AvgIpc) is 2.42. The molecule has 1 heterocycles. The van der Waals surface area contributed by atoms with Gasteiger partial charge in [0.1, 0.15) is 12.2 Å². The molecule has 0 spiro atoms. The Morgan fingerprint density at radius 1 is 1.47 bits per heavy atom. The summed E-state index contributed by atoms with van der Waals surface area (Å²) < 4.78 is 43.4. The van der Waals surface area contributed by atoms with Crippen LogP contribution in [0.5, 0.6) is 0 Å². The van der Waals surface area contributed by atoms with E-state index < -0.39 is 12.7 Å². The van der Waals surface area contributed by atoms with Crippen LogP contribution in [0.1, 0.15) is 19.5 Å². The van der Waals surface area contributed by atoms with Gasteiger partial charge in [0, 0.05) is 12.8 Å². The number of ether oxygens (including phenoxy) is 1. The Labute approximate surface area is 111 Å². The zero-order valence-corrected chi connectivity index (χ0v) is 11.7. The molecule has 0 radical (unpaired) electrons. The number of halogens is 4. The highest BCUT2D eigenvalue weighted by Gasteiger charge is 2.28. The lowest BCUT2D eigenvalue weighted by molar-refractivity contribution is -0.142. The maximum atomic E-state index is 12.1. The Hall–Kier alpha value is -0.310. The summed E-state index contributed by atoms with van der Waals surface area (Å²) >= 11 is 1.96. The molecule has 0 unspecified atom stereocenters. The molecule has 0 saturated heterocycles. The van der Waals surface area contributed by atoms with E-state index in [4.69, 9.17) is 4.74 Å². The molecule has 17 heavy (non-hydrogen) atoms. The lowest BCUT2D eigenvalue weighted by Crippen LogP contribution is -2.18. The van der Waals surface area contributed by atoms with E-state index in [2.05, 4.69) is 5.10 Å². The molecule has 0 amide bonds. The van der Waals surface area contributed by atoms with Crippen molar-refractivity contribution in [3.05, 3.63) is 15.5 Å². The van der Waals surface area contributed by atoms with Crippen molar-refractivity contribution in [1.29, 1.82) is 0 Å². The summed E-state index contributed by atoms with van der Waals surface area (Å²) in [5.74, 6) is 0.393. The molecule has 7 heteroatoms. The van der Waals surface area contributed by atoms with E-state index in [9.17, 15) is 13.2 Å². The topological polar surface area (TPSA) is 27.1 Å². The number of aromatic nitrogens is 2. The molecule has 0 fully saturated rings. The molecule has 98 valence electrons. The molecule has 1 aromatic heterocycles. The molecular weight excluding hydrogens is 348 g/mol. The Morgan fingerprint density at radius 3 is 2.65 bits per heavy atom. The molecule has 0 N–H and O–H groups in total. The fraction of sp³-hybridized carbons (Fsp3) is 0.700. The maximum absolute atomic E-state index is 12.1. The first-order valence-corrected chi connectivity index (χ1v) is 6.22. The minimum Gasteiger partial charge on any atom is -0.375 e. The second-order valence-electron chi connectivity index (χ2n) is 4.15. The average molecular weight is 362 g/mol. The summed E-state index contributed by atoms with van der Waals surface area (Å²) in [5, 5.41) is 3.86. The van der Waals surface area contributed by atoms with E-state index in [1.165, 1.54) is 6.20 Å². The second kappa shape index (κ2) is 6.03. The molecule has 0 bridgehead atoms. The van der Waals surface area contributed by atoms with E-state index in [0.29, 0.717) is 21.8 Å². The van der Waals surface area contributed by atoms with Crippen LogP contribution < -0.4 is 0 Å². The van der Waals surface area contributed by atoms with Gasteiger partial charge < -0.3 is 4.74 Å². The lowest BCUT2D eigenvalue weighted by atomic mass is 10.2. The fourth-order valence-electron chi connectivity index (χ4n) is 1.19. The van der Waals surface area contributed by atoms with Crippen LogP contribution in [0.3, 0.4) is 0 Å². The van der Waals surface area contributed by atoms with Crippen molar-refractivity contribution in [3.63, 3.8) is 0 Å². The van der Waals surface area contributed by atoms with Gasteiger partial charge in [-0.1, -0.05) is 13.8 Å². The van der Waals surface area contributed by atoms with Crippen LogP contribution in [0.4, 0.5) is 13.2 Å². The molecular formula is C10H14F3IN2O. The number of alkyl halides is 3. The summed E-state index contributed by atoms with van der Waals surface area (Å²) in [5.41, 5.74) is 0.551. The standard InChI is InChI=1S/C10H14F3IN2O/c1-7(2)4-17-5-9-8(14)3-16(15-9)6-10(11,12)13/h3,7H,4-6H2,1-2H3. The van der Waals surface area contributed by atoms with Crippen molar-refractivity contribution in [2.75, 3.05) is 6.61 Å². The highest BCUT2D eigenvalue weighted by Crippen LogP contribution is 2.19. The van der Waals surface area contributed by atoms with E-state index >= 15 is 0 Å². The molecule has 0 atom stereocenters. The molecule has 1 rings (SSSR count). The quantitative estimate of drug-likeness (QED) is 0.753. The summed E-state index contributed by atoms with van der Waals surface area (Å²) in [6.45, 7) is 3.77. The van der Waals surface area contributed by atoms with Crippen molar-refractivity contribution < 1.29 is 17.9 Å². The van der Waals surface area contributed by atoms with Crippen molar-refractivity contribution in [3.8, 4) is 0 Å². The summed E-state index contributed by atoms with van der Waals surface area (Å²) in [6.07, 6.45) is -2.87. The second-order valence-corrected chi connectivity index (χ2v) is 5.31. The third-order valence-corrected chi connectivity index (χ3v) is 2.72. The predicted octanol–water partition coefficient (Wildman–Crippen LogP) is 3.22. The first-order chi connectivity index (χ1) is 7.78. The first-order valence-electron chi connectivity index (χ1n) is 5.14. The highest BCUT2D eigenvalue weighted by molar-refractivity contribution is 14.1. The van der Waals surface area contributed by atoms with Crippen molar-refractivity contribution >= 4 is 22.6 Å². The van der Waals surface area contributed by atoms with Gasteiger partial charge >= 0.3 is 6.18 Å². The lowest BCUT2D eigenvalue weighted by Gasteiger charge is -2.06. The van der Waals surface area contributed by atoms with Crippen molar-refractivity contribution in [2.45, 2.75) is 33.2 Å². The molecule has 0 aliphatic carbocycles. The van der Waals surface area contributed by atoms with Gasteiger partial charge in [0.15, 0.2) is 0 Å². The normalized spacial score (nSPS) is 12.4. The predicted molar refractivity (Wildman–Crippen MR) is 65.5 cm³/mol. The van der Waals surface area contributed by atoms with Crippen LogP contribution in [0.2, 0.25) is 0 Å². The van der Waals surface area contributed by atoms with Crippen LogP contribution in [-0.2, 0) is 17.9 Å². The third kappa shape index (κ3) is 5.71. The minimum absolute atomic E-state index is 0.251. The van der Waals surface area contributed by atoms with Crippen LogP contribution >= 0.6 is 22.6 Å². The highest BCUT2D eigenvalue weighted by atomic mass is 127. The number of hydrogen-bond donors (Lipinski definition) is 0. The maximum Gasteiger partial charge on any atom is 0.408 e. The van der Waals surface area contributed by atoms with Gasteiger partial charge in [-0.2, -0.15) is 18.3 Å². The molecule has 1 aromatic rings. The van der Waals surface area contributed by atoms with Crippen LogP contribution in [-0.4, -0.2) is 22.6 Å². The Bertz CT molecular complexity index is 363. The van der Waals surface area contributed by atoms with E-state index in [-0.39, 0.29) is 6.61 Å². The Balaban J connectivity index is 2.56. The Morgan fingerprint density at radius 2 is 2.12 bits per heavy atom.